The van der Waals surface area contributed by atoms with E-state index in [0.717, 1.165) is 0 Å². The van der Waals surface area contributed by atoms with Crippen molar-refractivity contribution in [1.82, 2.24) is 10.3 Å². The molecule has 1 aromatic heterocycles. The second-order valence-electron chi connectivity index (χ2n) is 5.92. The van der Waals surface area contributed by atoms with E-state index in [2.05, 4.69) is 10.3 Å². The average molecular weight is 389 g/mol. The van der Waals surface area contributed by atoms with Gasteiger partial charge < -0.3 is 10.1 Å². The first kappa shape index (κ1) is 18.8. The first-order valence-corrected chi connectivity index (χ1v) is 10.0. The number of sulfonamides is 1. The Bertz CT molecular complexity index is 914. The lowest BCUT2D eigenvalue weighted by molar-refractivity contribution is 0.0503. The predicted molar refractivity (Wildman–Crippen MR) is 99.0 cm³/mol. The van der Waals surface area contributed by atoms with Crippen LogP contribution >= 0.6 is 0 Å². The zero-order valence-electron chi connectivity index (χ0n) is 14.5. The Morgan fingerprint density at radius 2 is 1.78 bits per heavy atom. The van der Waals surface area contributed by atoms with E-state index in [1.54, 1.807) is 24.3 Å². The lowest BCUT2D eigenvalue weighted by Crippen LogP contribution is -2.28. The fourth-order valence-electron chi connectivity index (χ4n) is 2.69. The summed E-state index contributed by atoms with van der Waals surface area (Å²) in [6.07, 6.45) is 3.63. The van der Waals surface area contributed by atoms with Crippen LogP contribution in [0, 0.1) is 0 Å². The summed E-state index contributed by atoms with van der Waals surface area (Å²) in [4.78, 5) is 27.7. The van der Waals surface area contributed by atoms with Gasteiger partial charge >= 0.3 is 5.97 Å². The fourth-order valence-corrected chi connectivity index (χ4v) is 4.25. The molecule has 2 heterocycles. The monoisotopic (exact) mass is 389 g/mol. The number of aromatic nitrogens is 1. The van der Waals surface area contributed by atoms with E-state index < -0.39 is 16.0 Å². The SMILES string of the molecule is O=C(NCCOC(=O)c1ccc(N2CCCS2(=O)=O)cc1)c1ccncc1. The third-order valence-corrected chi connectivity index (χ3v) is 5.92. The minimum Gasteiger partial charge on any atom is -0.460 e. The molecule has 1 N–H and O–H groups in total. The number of rotatable bonds is 6. The van der Waals surface area contributed by atoms with Crippen molar-refractivity contribution in [3.8, 4) is 0 Å². The number of benzene rings is 1. The molecule has 142 valence electrons. The maximum atomic E-state index is 12.0. The number of nitrogens with zero attached hydrogens (tertiary/aromatic N) is 2. The highest BCUT2D eigenvalue weighted by molar-refractivity contribution is 7.93. The third-order valence-electron chi connectivity index (χ3n) is 4.05. The molecule has 8 nitrogen and oxygen atoms in total. The van der Waals surface area contributed by atoms with Crippen molar-refractivity contribution in [2.45, 2.75) is 6.42 Å². The van der Waals surface area contributed by atoms with Crippen LogP contribution in [-0.4, -0.2) is 50.7 Å². The predicted octanol–water partition coefficient (Wildman–Crippen LogP) is 1.21. The molecule has 1 aliphatic rings. The maximum absolute atomic E-state index is 12.0. The summed E-state index contributed by atoms with van der Waals surface area (Å²) >= 11 is 0. The van der Waals surface area contributed by atoms with E-state index in [9.17, 15) is 18.0 Å². The summed E-state index contributed by atoms with van der Waals surface area (Å²) < 4.78 is 30.3. The highest BCUT2D eigenvalue weighted by Crippen LogP contribution is 2.24. The molecule has 1 aliphatic heterocycles. The Morgan fingerprint density at radius 1 is 1.07 bits per heavy atom. The number of pyridine rings is 1. The highest BCUT2D eigenvalue weighted by Gasteiger charge is 2.28. The Morgan fingerprint density at radius 3 is 2.41 bits per heavy atom. The van der Waals surface area contributed by atoms with Crippen LogP contribution in [0.25, 0.3) is 0 Å². The number of ether oxygens (including phenoxy) is 1. The molecule has 27 heavy (non-hydrogen) atoms. The topological polar surface area (TPSA) is 106 Å². The van der Waals surface area contributed by atoms with Crippen molar-refractivity contribution in [3.05, 3.63) is 59.9 Å². The lowest BCUT2D eigenvalue weighted by atomic mass is 10.2. The first-order chi connectivity index (χ1) is 13.0. The number of amides is 1. The molecule has 1 aromatic carbocycles. The molecule has 0 radical (unpaired) electrons. The van der Waals surface area contributed by atoms with Crippen LogP contribution in [0.4, 0.5) is 5.69 Å². The number of anilines is 1. The number of hydrogen-bond donors (Lipinski definition) is 1. The molecule has 0 atom stereocenters. The van der Waals surface area contributed by atoms with Gasteiger partial charge in [-0.2, -0.15) is 0 Å². The van der Waals surface area contributed by atoms with Crippen LogP contribution in [0.5, 0.6) is 0 Å². The van der Waals surface area contributed by atoms with E-state index in [1.807, 2.05) is 0 Å². The standard InChI is InChI=1S/C18H19N3O5S/c22-17(14-6-8-19-9-7-14)20-10-12-26-18(23)15-2-4-16(5-3-15)21-11-1-13-27(21,24)25/h2-9H,1,10-13H2,(H,20,22). The average Bonchev–Trinajstić information content (AvgIpc) is 3.04. The lowest BCUT2D eigenvalue weighted by Gasteiger charge is -2.16. The van der Waals surface area contributed by atoms with Crippen LogP contribution in [-0.2, 0) is 14.8 Å². The number of nitrogens with one attached hydrogen (secondary N) is 1. The van der Waals surface area contributed by atoms with Gasteiger partial charge in [0.2, 0.25) is 10.0 Å². The first-order valence-electron chi connectivity index (χ1n) is 8.43. The van der Waals surface area contributed by atoms with Gasteiger partial charge in [0.05, 0.1) is 23.5 Å². The van der Waals surface area contributed by atoms with Gasteiger partial charge in [0, 0.05) is 24.5 Å². The van der Waals surface area contributed by atoms with Crippen LogP contribution in [0.2, 0.25) is 0 Å². The molecule has 2 aromatic rings. The minimum absolute atomic E-state index is 0.0257. The summed E-state index contributed by atoms with van der Waals surface area (Å²) in [6, 6.07) is 9.41. The van der Waals surface area contributed by atoms with Gasteiger partial charge in [-0.1, -0.05) is 0 Å². The van der Waals surface area contributed by atoms with E-state index in [-0.39, 0.29) is 24.8 Å². The number of carbonyl (C=O) groups excluding carboxylic acids is 2. The summed E-state index contributed by atoms with van der Waals surface area (Å²) in [5.74, 6) is -0.671. The summed E-state index contributed by atoms with van der Waals surface area (Å²) in [5, 5.41) is 2.64. The Labute approximate surface area is 157 Å². The van der Waals surface area contributed by atoms with Crippen molar-refractivity contribution >= 4 is 27.6 Å². The molecule has 0 spiro atoms. The zero-order chi connectivity index (χ0) is 19.3. The molecular formula is C18H19N3O5S. The molecule has 0 bridgehead atoms. The molecule has 3 rings (SSSR count). The van der Waals surface area contributed by atoms with E-state index in [0.29, 0.717) is 29.8 Å². The largest absolute Gasteiger partial charge is 0.460 e. The Balaban J connectivity index is 1.48. The van der Waals surface area contributed by atoms with E-state index >= 15 is 0 Å². The smallest absolute Gasteiger partial charge is 0.338 e. The van der Waals surface area contributed by atoms with Crippen molar-refractivity contribution in [2.24, 2.45) is 0 Å². The Hall–Kier alpha value is -2.94. The molecule has 1 fully saturated rings. The zero-order valence-corrected chi connectivity index (χ0v) is 15.3. The maximum Gasteiger partial charge on any atom is 0.338 e. The number of hydrogen-bond acceptors (Lipinski definition) is 6. The number of carbonyl (C=O) groups is 2. The van der Waals surface area contributed by atoms with Gasteiger partial charge in [0.15, 0.2) is 0 Å². The molecular weight excluding hydrogens is 370 g/mol. The number of esters is 1. The van der Waals surface area contributed by atoms with Gasteiger partial charge in [-0.15, -0.1) is 0 Å². The molecule has 0 aliphatic carbocycles. The van der Waals surface area contributed by atoms with Gasteiger partial charge in [0.1, 0.15) is 6.61 Å². The highest BCUT2D eigenvalue weighted by atomic mass is 32.2. The fraction of sp³-hybridized carbons (Fsp3) is 0.278. The third kappa shape index (κ3) is 4.62. The second kappa shape index (κ2) is 8.17. The van der Waals surface area contributed by atoms with Crippen LogP contribution in [0.15, 0.2) is 48.8 Å². The summed E-state index contributed by atoms with van der Waals surface area (Å²) in [5.41, 5.74) is 1.33. The van der Waals surface area contributed by atoms with Crippen LogP contribution in [0.3, 0.4) is 0 Å². The van der Waals surface area contributed by atoms with Crippen molar-refractivity contribution in [1.29, 1.82) is 0 Å². The van der Waals surface area contributed by atoms with E-state index in [4.69, 9.17) is 4.74 Å². The normalized spacial score (nSPS) is 15.3. The van der Waals surface area contributed by atoms with Gasteiger partial charge in [-0.05, 0) is 42.8 Å². The molecule has 0 unspecified atom stereocenters. The Kier molecular flexibility index (Phi) is 5.70. The van der Waals surface area contributed by atoms with E-state index in [1.165, 1.54) is 28.8 Å². The molecule has 0 saturated carbocycles. The molecule has 1 amide bonds. The van der Waals surface area contributed by atoms with Crippen LogP contribution < -0.4 is 9.62 Å². The van der Waals surface area contributed by atoms with Crippen molar-refractivity contribution in [2.75, 3.05) is 29.8 Å². The minimum atomic E-state index is -3.25. The summed E-state index contributed by atoms with van der Waals surface area (Å²) in [6.45, 7) is 0.651. The summed E-state index contributed by atoms with van der Waals surface area (Å²) in [7, 11) is -3.25. The quantitative estimate of drug-likeness (QED) is 0.588. The van der Waals surface area contributed by atoms with Crippen molar-refractivity contribution < 1.29 is 22.7 Å². The van der Waals surface area contributed by atoms with Gasteiger partial charge in [-0.3, -0.25) is 14.1 Å². The molecule has 1 saturated heterocycles. The second-order valence-corrected chi connectivity index (χ2v) is 7.93. The van der Waals surface area contributed by atoms with Gasteiger partial charge in [0.25, 0.3) is 5.91 Å². The molecule has 9 heteroatoms. The van der Waals surface area contributed by atoms with Crippen molar-refractivity contribution in [3.63, 3.8) is 0 Å². The van der Waals surface area contributed by atoms with Crippen LogP contribution in [0.1, 0.15) is 27.1 Å². The van der Waals surface area contributed by atoms with Gasteiger partial charge in [-0.25, -0.2) is 13.2 Å².